The molecule has 1 rings (SSSR count). The minimum Gasteiger partial charge on any atom is -0.497 e. The zero-order valence-corrected chi connectivity index (χ0v) is 36.0. The Kier molecular flexibility index (Phi) is 17.3. The van der Waals surface area contributed by atoms with Crippen LogP contribution in [0, 0.1) is 29.6 Å². The van der Waals surface area contributed by atoms with E-state index in [0.29, 0.717) is 12.5 Å². The molecule has 1 aromatic carbocycles. The van der Waals surface area contributed by atoms with Crippen LogP contribution < -0.4 is 4.74 Å². The van der Waals surface area contributed by atoms with Crippen LogP contribution in [0.1, 0.15) is 101 Å². The zero-order valence-electron chi connectivity index (χ0n) is 34.0. The molecule has 0 unspecified atom stereocenters. The van der Waals surface area contributed by atoms with E-state index >= 15 is 0 Å². The number of benzene rings is 1. The first kappa shape index (κ1) is 44.6. The molecule has 8 atom stereocenters. The standard InChI is InChI=1S/C40H74O6Si2/c1-19-29(4)35(20-2)45-38(41)32(7)37(46-48(17,18)40(11,12)13)31(6)36(43-27-33-21-23-34(42-14)24-22-33)30(5)25-28(3)26-44-47(15,16)39(8,9)10/h19,21-24,28-32,35-37H,1,20,25-27H2,2-18H3/t28-,29-,30+,31-,32-,35-,36+,37+/m1/s1. The molecule has 0 radical (unpaired) electrons. The molecule has 0 spiro atoms. The van der Waals surface area contributed by atoms with Crippen LogP contribution in [0.5, 0.6) is 5.75 Å². The Morgan fingerprint density at radius 1 is 0.875 bits per heavy atom. The summed E-state index contributed by atoms with van der Waals surface area (Å²) >= 11 is 0. The number of hydrogen-bond acceptors (Lipinski definition) is 6. The molecule has 0 amide bonds. The van der Waals surface area contributed by atoms with Crippen molar-refractivity contribution in [1.82, 2.24) is 0 Å². The van der Waals surface area contributed by atoms with Crippen LogP contribution in [0.4, 0.5) is 0 Å². The summed E-state index contributed by atoms with van der Waals surface area (Å²) in [5.41, 5.74) is 1.08. The maximum atomic E-state index is 13.9. The van der Waals surface area contributed by atoms with E-state index in [1.165, 1.54) is 0 Å². The fourth-order valence-corrected chi connectivity index (χ4v) is 8.21. The largest absolute Gasteiger partial charge is 0.497 e. The second-order valence-corrected chi connectivity index (χ2v) is 27.0. The average molecular weight is 707 g/mol. The fraction of sp³-hybridized carbons (Fsp3) is 0.775. The summed E-state index contributed by atoms with van der Waals surface area (Å²) in [4.78, 5) is 13.9. The van der Waals surface area contributed by atoms with Crippen LogP contribution in [0.25, 0.3) is 0 Å². The van der Waals surface area contributed by atoms with E-state index in [-0.39, 0.29) is 52.1 Å². The molecular formula is C40H74O6Si2. The molecule has 0 fully saturated rings. The van der Waals surface area contributed by atoms with Crippen LogP contribution in [-0.4, -0.2) is 54.6 Å². The highest BCUT2D eigenvalue weighted by Gasteiger charge is 2.46. The smallest absolute Gasteiger partial charge is 0.311 e. The van der Waals surface area contributed by atoms with Gasteiger partial charge >= 0.3 is 5.97 Å². The van der Waals surface area contributed by atoms with Gasteiger partial charge in [0.1, 0.15) is 11.9 Å². The molecule has 278 valence electrons. The molecule has 0 bridgehead atoms. The van der Waals surface area contributed by atoms with Crippen molar-refractivity contribution in [2.45, 2.75) is 157 Å². The van der Waals surface area contributed by atoms with Gasteiger partial charge in [-0.25, -0.2) is 0 Å². The first-order valence-electron chi connectivity index (χ1n) is 18.3. The summed E-state index contributed by atoms with van der Waals surface area (Å²) < 4.78 is 32.3. The third kappa shape index (κ3) is 13.0. The number of carbonyl (C=O) groups is 1. The van der Waals surface area contributed by atoms with E-state index in [0.717, 1.165) is 30.8 Å². The molecule has 0 aliphatic carbocycles. The fourth-order valence-electron chi connectivity index (χ4n) is 5.63. The highest BCUT2D eigenvalue weighted by atomic mass is 28.4. The number of hydrogen-bond donors (Lipinski definition) is 0. The van der Waals surface area contributed by atoms with Gasteiger partial charge in [-0.3, -0.25) is 4.79 Å². The molecular weight excluding hydrogens is 633 g/mol. The third-order valence-corrected chi connectivity index (χ3v) is 20.2. The predicted molar refractivity (Wildman–Crippen MR) is 208 cm³/mol. The summed E-state index contributed by atoms with van der Waals surface area (Å²) in [7, 11) is -2.48. The predicted octanol–water partition coefficient (Wildman–Crippen LogP) is 11.1. The summed E-state index contributed by atoms with van der Waals surface area (Å²) in [6.07, 6.45) is 2.77. The monoisotopic (exact) mass is 707 g/mol. The summed E-state index contributed by atoms with van der Waals surface area (Å²) in [6.45, 7) is 40.7. The number of esters is 1. The quantitative estimate of drug-likeness (QED) is 0.0764. The van der Waals surface area contributed by atoms with Crippen molar-refractivity contribution in [3.05, 3.63) is 42.5 Å². The average Bonchev–Trinajstić information content (AvgIpc) is 2.99. The third-order valence-electron chi connectivity index (χ3n) is 11.2. The maximum absolute atomic E-state index is 13.9. The second-order valence-electron chi connectivity index (χ2n) is 17.5. The molecule has 6 nitrogen and oxygen atoms in total. The molecule has 8 heteroatoms. The summed E-state index contributed by atoms with van der Waals surface area (Å²) in [5.74, 6) is 0.649. The van der Waals surface area contributed by atoms with Crippen molar-refractivity contribution in [3.8, 4) is 5.75 Å². The van der Waals surface area contributed by atoms with Gasteiger partial charge in [-0.05, 0) is 85.6 Å². The lowest BCUT2D eigenvalue weighted by atomic mass is 9.81. The first-order chi connectivity index (χ1) is 21.9. The molecule has 48 heavy (non-hydrogen) atoms. The number of rotatable bonds is 20. The minimum absolute atomic E-state index is 0.0292. The summed E-state index contributed by atoms with van der Waals surface area (Å²) in [5, 5.41) is 0.134. The van der Waals surface area contributed by atoms with E-state index in [1.807, 2.05) is 32.1 Å². The Bertz CT molecular complexity index is 1100. The number of methoxy groups -OCH3 is 1. The van der Waals surface area contributed by atoms with Crippen molar-refractivity contribution >= 4 is 22.6 Å². The lowest BCUT2D eigenvalue weighted by Gasteiger charge is -2.45. The van der Waals surface area contributed by atoms with Crippen molar-refractivity contribution in [1.29, 1.82) is 0 Å². The zero-order chi connectivity index (χ0) is 37.3. The number of ether oxygens (including phenoxy) is 3. The lowest BCUT2D eigenvalue weighted by molar-refractivity contribution is -0.162. The van der Waals surface area contributed by atoms with E-state index in [2.05, 4.69) is 114 Å². The van der Waals surface area contributed by atoms with E-state index in [9.17, 15) is 4.79 Å². The van der Waals surface area contributed by atoms with Crippen LogP contribution in [-0.2, 0) is 29.7 Å². The SMILES string of the molecule is C=C[C@@H](C)[C@@H](CC)OC(=O)[C@H](C)[C@@H](O[Si](C)(C)C(C)(C)C)[C@H](C)[C@@H](OCc1ccc(OC)cc1)[C@@H](C)C[C@@H](C)CO[Si](C)(C)C(C)(C)C. The minimum atomic E-state index is -2.29. The Balaban J connectivity index is 3.50. The highest BCUT2D eigenvalue weighted by Crippen LogP contribution is 2.41. The van der Waals surface area contributed by atoms with Gasteiger partial charge in [0, 0.05) is 18.4 Å². The molecule has 0 heterocycles. The number of carbonyl (C=O) groups excluding carboxylic acids is 1. The first-order valence-corrected chi connectivity index (χ1v) is 24.1. The molecule has 1 aromatic rings. The molecule has 0 saturated carbocycles. The molecule has 0 saturated heterocycles. The van der Waals surface area contributed by atoms with Gasteiger partial charge in [0.2, 0.25) is 0 Å². The molecule has 0 aromatic heterocycles. The Morgan fingerprint density at radius 2 is 1.42 bits per heavy atom. The van der Waals surface area contributed by atoms with Crippen molar-refractivity contribution in [2.24, 2.45) is 29.6 Å². The van der Waals surface area contributed by atoms with Gasteiger partial charge in [0.25, 0.3) is 0 Å². The van der Waals surface area contributed by atoms with Crippen LogP contribution in [0.15, 0.2) is 36.9 Å². The van der Waals surface area contributed by atoms with Crippen LogP contribution >= 0.6 is 0 Å². The van der Waals surface area contributed by atoms with E-state index < -0.39 is 22.6 Å². The van der Waals surface area contributed by atoms with Gasteiger partial charge in [-0.1, -0.05) is 94.4 Å². The summed E-state index contributed by atoms with van der Waals surface area (Å²) in [6, 6.07) is 8.04. The molecule has 0 N–H and O–H groups in total. The van der Waals surface area contributed by atoms with Gasteiger partial charge in [0.05, 0.1) is 31.8 Å². The van der Waals surface area contributed by atoms with Crippen molar-refractivity contribution in [3.63, 3.8) is 0 Å². The second kappa shape index (κ2) is 18.7. The Morgan fingerprint density at radius 3 is 1.88 bits per heavy atom. The van der Waals surface area contributed by atoms with Crippen molar-refractivity contribution < 1.29 is 27.9 Å². The molecule has 0 aliphatic rings. The van der Waals surface area contributed by atoms with Crippen LogP contribution in [0.3, 0.4) is 0 Å². The normalized spacial score (nSPS) is 18.2. The Labute approximate surface area is 298 Å². The van der Waals surface area contributed by atoms with Crippen LogP contribution in [0.2, 0.25) is 36.3 Å². The Hall–Kier alpha value is -1.46. The van der Waals surface area contributed by atoms with Gasteiger partial charge in [-0.2, -0.15) is 0 Å². The lowest BCUT2D eigenvalue weighted by Crippen LogP contribution is -2.52. The maximum Gasteiger partial charge on any atom is 0.311 e. The van der Waals surface area contributed by atoms with Gasteiger partial charge in [-0.15, -0.1) is 6.58 Å². The highest BCUT2D eigenvalue weighted by molar-refractivity contribution is 6.74. The topological polar surface area (TPSA) is 63.2 Å². The van der Waals surface area contributed by atoms with Crippen molar-refractivity contribution in [2.75, 3.05) is 13.7 Å². The van der Waals surface area contributed by atoms with E-state index in [4.69, 9.17) is 23.1 Å². The van der Waals surface area contributed by atoms with Gasteiger partial charge < -0.3 is 23.1 Å². The van der Waals surface area contributed by atoms with Gasteiger partial charge in [0.15, 0.2) is 16.6 Å². The van der Waals surface area contributed by atoms with E-state index in [1.54, 1.807) is 7.11 Å². The molecule has 0 aliphatic heterocycles.